The van der Waals surface area contributed by atoms with Crippen molar-refractivity contribution in [1.82, 2.24) is 25.4 Å². The number of esters is 1. The minimum absolute atomic E-state index is 0.0703. The Morgan fingerprint density at radius 3 is 2.58 bits per heavy atom. The molecular weight excluding hydrogens is 438 g/mol. The number of aromatic nitrogens is 3. The smallest absolute Gasteiger partial charge is 0.321 e. The summed E-state index contributed by atoms with van der Waals surface area (Å²) in [5.74, 6) is -0.686. The summed E-state index contributed by atoms with van der Waals surface area (Å²) in [6, 6.07) is 11.7. The number of thioether (sulfide) groups is 1. The van der Waals surface area contributed by atoms with Crippen molar-refractivity contribution in [3.05, 3.63) is 53.4 Å². The van der Waals surface area contributed by atoms with Gasteiger partial charge in [0, 0.05) is 19.2 Å². The van der Waals surface area contributed by atoms with Gasteiger partial charge in [-0.2, -0.15) is 0 Å². The van der Waals surface area contributed by atoms with Crippen molar-refractivity contribution in [2.75, 3.05) is 12.8 Å². The zero-order valence-electron chi connectivity index (χ0n) is 16.9. The van der Waals surface area contributed by atoms with Gasteiger partial charge in [-0.3, -0.25) is 14.9 Å². The van der Waals surface area contributed by atoms with Crippen molar-refractivity contribution in [1.29, 1.82) is 0 Å². The molecule has 3 amide bonds. The summed E-state index contributed by atoms with van der Waals surface area (Å²) >= 11 is 2.73. The summed E-state index contributed by atoms with van der Waals surface area (Å²) < 4.78 is 7.32. The maximum atomic E-state index is 12.5. The number of urea groups is 1. The third-order valence-electron chi connectivity index (χ3n) is 4.15. The van der Waals surface area contributed by atoms with Crippen LogP contribution >= 0.6 is 23.1 Å². The number of nitrogens with zero attached hydrogens (tertiary/aromatic N) is 3. The highest BCUT2D eigenvalue weighted by molar-refractivity contribution is 7.99. The van der Waals surface area contributed by atoms with Crippen LogP contribution in [0.5, 0.6) is 0 Å². The SMILES string of the molecule is CCn1c(SCC(=O)O[C@H](C(=O)NC(=O)NC)c2ccccc2)nnc1-c1cccs1. The third-order valence-corrected chi connectivity index (χ3v) is 5.95. The molecule has 1 atom stereocenters. The van der Waals surface area contributed by atoms with Crippen LogP contribution in [0.4, 0.5) is 4.79 Å². The second-order valence-corrected chi connectivity index (χ2v) is 8.06. The van der Waals surface area contributed by atoms with Gasteiger partial charge in [0.15, 0.2) is 11.0 Å². The van der Waals surface area contributed by atoms with Crippen LogP contribution in [0.15, 0.2) is 53.0 Å². The number of hydrogen-bond donors (Lipinski definition) is 2. The molecule has 162 valence electrons. The Morgan fingerprint density at radius 1 is 1.16 bits per heavy atom. The monoisotopic (exact) mass is 459 g/mol. The Bertz CT molecular complexity index is 1040. The molecule has 0 radical (unpaired) electrons. The first-order valence-electron chi connectivity index (χ1n) is 9.40. The number of imide groups is 1. The van der Waals surface area contributed by atoms with Crippen LogP contribution in [0, 0.1) is 0 Å². The minimum atomic E-state index is -1.25. The molecule has 0 aliphatic carbocycles. The van der Waals surface area contributed by atoms with Crippen molar-refractivity contribution >= 4 is 41.0 Å². The fourth-order valence-electron chi connectivity index (χ4n) is 2.70. The second kappa shape index (κ2) is 10.7. The largest absolute Gasteiger partial charge is 0.447 e. The van der Waals surface area contributed by atoms with Gasteiger partial charge in [0.25, 0.3) is 5.91 Å². The Hall–Kier alpha value is -3.18. The zero-order chi connectivity index (χ0) is 22.2. The lowest BCUT2D eigenvalue weighted by Gasteiger charge is -2.17. The molecule has 1 aromatic carbocycles. The molecule has 0 saturated carbocycles. The molecule has 11 heteroatoms. The number of carbonyl (C=O) groups is 3. The van der Waals surface area contributed by atoms with E-state index in [0.29, 0.717) is 17.3 Å². The van der Waals surface area contributed by atoms with Crippen LogP contribution in [0.2, 0.25) is 0 Å². The maximum Gasteiger partial charge on any atom is 0.321 e. The first-order chi connectivity index (χ1) is 15.0. The number of amides is 3. The van der Waals surface area contributed by atoms with E-state index in [2.05, 4.69) is 20.8 Å². The van der Waals surface area contributed by atoms with Crippen molar-refractivity contribution < 1.29 is 19.1 Å². The van der Waals surface area contributed by atoms with Crippen LogP contribution in [-0.2, 0) is 20.9 Å². The first kappa shape index (κ1) is 22.5. The van der Waals surface area contributed by atoms with Crippen LogP contribution in [0.1, 0.15) is 18.6 Å². The minimum Gasteiger partial charge on any atom is -0.447 e. The van der Waals surface area contributed by atoms with E-state index in [4.69, 9.17) is 4.74 Å². The number of carbonyl (C=O) groups excluding carboxylic acids is 3. The molecule has 0 bridgehead atoms. The highest BCUT2D eigenvalue weighted by atomic mass is 32.2. The molecular formula is C20H21N5O4S2. The number of benzene rings is 1. The van der Waals surface area contributed by atoms with E-state index in [-0.39, 0.29) is 5.75 Å². The first-order valence-corrected chi connectivity index (χ1v) is 11.3. The summed E-state index contributed by atoms with van der Waals surface area (Å²) in [6.07, 6.45) is -1.25. The summed E-state index contributed by atoms with van der Waals surface area (Å²) in [7, 11) is 1.39. The van der Waals surface area contributed by atoms with Gasteiger partial charge in [-0.05, 0) is 18.4 Å². The normalized spacial score (nSPS) is 11.5. The molecule has 2 heterocycles. The molecule has 31 heavy (non-hydrogen) atoms. The van der Waals surface area contributed by atoms with Crippen LogP contribution in [0.25, 0.3) is 10.7 Å². The van der Waals surface area contributed by atoms with Crippen molar-refractivity contribution in [2.24, 2.45) is 0 Å². The summed E-state index contributed by atoms with van der Waals surface area (Å²) in [5, 5.41) is 15.4. The molecule has 0 fully saturated rings. The van der Waals surface area contributed by atoms with Crippen molar-refractivity contribution in [2.45, 2.75) is 24.7 Å². The van der Waals surface area contributed by atoms with Gasteiger partial charge in [0.05, 0.1) is 10.6 Å². The lowest BCUT2D eigenvalue weighted by atomic mass is 10.1. The quantitative estimate of drug-likeness (QED) is 0.393. The van der Waals surface area contributed by atoms with E-state index in [1.807, 2.05) is 29.0 Å². The average molecular weight is 460 g/mol. The van der Waals surface area contributed by atoms with Gasteiger partial charge in [-0.25, -0.2) is 4.79 Å². The van der Waals surface area contributed by atoms with E-state index in [1.165, 1.54) is 18.8 Å². The molecule has 9 nitrogen and oxygen atoms in total. The van der Waals surface area contributed by atoms with E-state index < -0.39 is 24.0 Å². The number of hydrogen-bond acceptors (Lipinski definition) is 8. The topological polar surface area (TPSA) is 115 Å². The third kappa shape index (κ3) is 5.70. The molecule has 2 aromatic heterocycles. The van der Waals surface area contributed by atoms with Gasteiger partial charge in [-0.15, -0.1) is 21.5 Å². The van der Waals surface area contributed by atoms with E-state index in [9.17, 15) is 14.4 Å². The van der Waals surface area contributed by atoms with Crippen molar-refractivity contribution in [3.63, 3.8) is 0 Å². The van der Waals surface area contributed by atoms with E-state index in [1.54, 1.807) is 41.7 Å². The van der Waals surface area contributed by atoms with Gasteiger partial charge in [0.1, 0.15) is 0 Å². The second-order valence-electron chi connectivity index (χ2n) is 6.17. The zero-order valence-corrected chi connectivity index (χ0v) is 18.5. The fourth-order valence-corrected chi connectivity index (χ4v) is 4.20. The predicted molar refractivity (Wildman–Crippen MR) is 118 cm³/mol. The molecule has 3 rings (SSSR count). The summed E-state index contributed by atoms with van der Waals surface area (Å²) in [5.41, 5.74) is 0.457. The fraction of sp³-hybridized carbons (Fsp3) is 0.250. The number of nitrogens with one attached hydrogen (secondary N) is 2. The maximum absolute atomic E-state index is 12.5. The van der Waals surface area contributed by atoms with E-state index in [0.717, 1.165) is 10.7 Å². The van der Waals surface area contributed by atoms with E-state index >= 15 is 0 Å². The highest BCUT2D eigenvalue weighted by Crippen LogP contribution is 2.27. The van der Waals surface area contributed by atoms with Crippen molar-refractivity contribution in [3.8, 4) is 10.7 Å². The predicted octanol–water partition coefficient (Wildman–Crippen LogP) is 2.86. The van der Waals surface area contributed by atoms with Gasteiger partial charge < -0.3 is 14.6 Å². The number of rotatable bonds is 8. The Morgan fingerprint density at radius 2 is 1.94 bits per heavy atom. The average Bonchev–Trinajstić information content (AvgIpc) is 3.45. The van der Waals surface area contributed by atoms with Gasteiger partial charge in [-0.1, -0.05) is 48.2 Å². The molecule has 0 saturated heterocycles. The molecule has 2 N–H and O–H groups in total. The molecule has 0 spiro atoms. The van der Waals surface area contributed by atoms with Gasteiger partial charge >= 0.3 is 12.0 Å². The molecule has 3 aromatic rings. The molecule has 0 aliphatic heterocycles. The Balaban J connectivity index is 1.69. The molecule has 0 aliphatic rings. The summed E-state index contributed by atoms with van der Waals surface area (Å²) in [4.78, 5) is 37.5. The van der Waals surface area contributed by atoms with Crippen LogP contribution < -0.4 is 10.6 Å². The van der Waals surface area contributed by atoms with Crippen LogP contribution in [-0.4, -0.2) is 45.5 Å². The number of thiophene rings is 1. The summed E-state index contributed by atoms with van der Waals surface area (Å²) in [6.45, 7) is 2.61. The van der Waals surface area contributed by atoms with Crippen LogP contribution in [0.3, 0.4) is 0 Å². The van der Waals surface area contributed by atoms with Gasteiger partial charge in [0.2, 0.25) is 6.10 Å². The lowest BCUT2D eigenvalue weighted by molar-refractivity contribution is -0.153. The number of ether oxygens (including phenoxy) is 1. The standard InChI is InChI=1S/C20H21N5O4S2/c1-3-25-17(14-10-7-11-30-14)23-24-20(25)31-12-15(26)29-16(13-8-5-4-6-9-13)18(27)22-19(28)21-2/h4-11,16H,3,12H2,1-2H3,(H2,21,22,27,28)/t16-/m0/s1. The lowest BCUT2D eigenvalue weighted by Crippen LogP contribution is -2.41. The highest BCUT2D eigenvalue weighted by Gasteiger charge is 2.26. The molecule has 0 unspecified atom stereocenters. The Labute approximate surface area is 187 Å². The Kier molecular flexibility index (Phi) is 7.79.